The van der Waals surface area contributed by atoms with Crippen molar-refractivity contribution in [3.05, 3.63) is 65.4 Å². The number of carbonyl (C=O) groups is 2. The highest BCUT2D eigenvalue weighted by atomic mass is 32.2. The number of carbonyl (C=O) groups excluding carboxylic acids is 2. The van der Waals surface area contributed by atoms with Gasteiger partial charge in [-0.1, -0.05) is 35.5 Å². The Kier molecular flexibility index (Phi) is 7.36. The second-order valence-electron chi connectivity index (χ2n) is 6.48. The van der Waals surface area contributed by atoms with Crippen molar-refractivity contribution in [2.24, 2.45) is 0 Å². The first kappa shape index (κ1) is 21.7. The van der Waals surface area contributed by atoms with E-state index in [0.29, 0.717) is 28.2 Å². The Labute approximate surface area is 182 Å². The molecule has 3 aromatic rings. The smallest absolute Gasteiger partial charge is 0.251 e. The first-order valence-electron chi connectivity index (χ1n) is 9.21. The van der Waals surface area contributed by atoms with E-state index in [1.165, 1.54) is 23.1 Å². The molecule has 2 amide bonds. The number of hydrogen-bond acceptors (Lipinski definition) is 7. The van der Waals surface area contributed by atoms with Crippen molar-refractivity contribution >= 4 is 40.0 Å². The predicted octanol–water partition coefficient (Wildman–Crippen LogP) is 3.45. The molecule has 0 spiro atoms. The van der Waals surface area contributed by atoms with Crippen molar-refractivity contribution < 1.29 is 9.59 Å². The second kappa shape index (κ2) is 10.2. The molecule has 1 atom stereocenters. The highest BCUT2D eigenvalue weighted by molar-refractivity contribution is 7.99. The highest BCUT2D eigenvalue weighted by Crippen LogP contribution is 2.22. The number of hydrogen-bond donors (Lipinski definition) is 2. The zero-order chi connectivity index (χ0) is 21.5. The average molecular weight is 443 g/mol. The molecule has 1 aromatic carbocycles. The van der Waals surface area contributed by atoms with Crippen LogP contribution >= 0.6 is 23.1 Å². The van der Waals surface area contributed by atoms with E-state index < -0.39 is 0 Å². The summed E-state index contributed by atoms with van der Waals surface area (Å²) in [6, 6.07) is 7.02. The van der Waals surface area contributed by atoms with Gasteiger partial charge in [0.15, 0.2) is 16.1 Å². The van der Waals surface area contributed by atoms with Gasteiger partial charge in [-0.2, -0.15) is 0 Å². The van der Waals surface area contributed by atoms with E-state index in [2.05, 4.69) is 32.4 Å². The van der Waals surface area contributed by atoms with Gasteiger partial charge in [0.25, 0.3) is 5.91 Å². The Hall–Kier alpha value is -2.98. The standard InChI is InChI=1S/C20H22N6O2S2/c1-4-9-26-17(14(3)22-18(28)15-7-5-6-13(2)11-15)24-25-20(26)30-12-16(27)23-19-21-8-10-29-19/h4-8,10-11,14H,1,9,12H2,2-3H3,(H,22,28)(H,21,23,27)/t14-/m0/s1. The Morgan fingerprint density at radius 1 is 1.37 bits per heavy atom. The van der Waals surface area contributed by atoms with Crippen LogP contribution in [0.25, 0.3) is 0 Å². The number of rotatable bonds is 9. The number of aryl methyl sites for hydroxylation is 1. The Bertz CT molecular complexity index is 1030. The minimum absolute atomic E-state index is 0.166. The van der Waals surface area contributed by atoms with E-state index in [-0.39, 0.29) is 23.6 Å². The maximum atomic E-state index is 12.6. The summed E-state index contributed by atoms with van der Waals surface area (Å²) in [4.78, 5) is 28.7. The number of allylic oxidation sites excluding steroid dienone is 1. The summed E-state index contributed by atoms with van der Waals surface area (Å²) in [6.07, 6.45) is 3.36. The fourth-order valence-electron chi connectivity index (χ4n) is 2.73. The maximum absolute atomic E-state index is 12.6. The van der Waals surface area contributed by atoms with E-state index in [1.807, 2.05) is 36.6 Å². The molecule has 0 aliphatic rings. The van der Waals surface area contributed by atoms with Crippen molar-refractivity contribution in [2.45, 2.75) is 31.6 Å². The molecule has 10 heteroatoms. The second-order valence-corrected chi connectivity index (χ2v) is 8.32. The van der Waals surface area contributed by atoms with E-state index in [4.69, 9.17) is 0 Å². The molecule has 156 valence electrons. The largest absolute Gasteiger partial charge is 0.342 e. The molecule has 0 aliphatic heterocycles. The van der Waals surface area contributed by atoms with Crippen LogP contribution < -0.4 is 10.6 Å². The molecule has 30 heavy (non-hydrogen) atoms. The Morgan fingerprint density at radius 2 is 2.20 bits per heavy atom. The van der Waals surface area contributed by atoms with Crippen LogP contribution in [-0.4, -0.2) is 37.3 Å². The van der Waals surface area contributed by atoms with Crippen LogP contribution in [0.2, 0.25) is 0 Å². The zero-order valence-electron chi connectivity index (χ0n) is 16.7. The number of nitrogens with one attached hydrogen (secondary N) is 2. The molecule has 0 bridgehead atoms. The molecular formula is C20H22N6O2S2. The fourth-order valence-corrected chi connectivity index (χ4v) is 4.03. The third kappa shape index (κ3) is 5.55. The van der Waals surface area contributed by atoms with Gasteiger partial charge in [-0.3, -0.25) is 9.59 Å². The number of aromatic nitrogens is 4. The van der Waals surface area contributed by atoms with Gasteiger partial charge < -0.3 is 15.2 Å². The van der Waals surface area contributed by atoms with E-state index in [1.54, 1.807) is 23.7 Å². The van der Waals surface area contributed by atoms with E-state index >= 15 is 0 Å². The summed E-state index contributed by atoms with van der Waals surface area (Å²) < 4.78 is 1.84. The van der Waals surface area contributed by atoms with Crippen LogP contribution in [0.1, 0.15) is 34.7 Å². The summed E-state index contributed by atoms with van der Waals surface area (Å²) >= 11 is 2.62. The van der Waals surface area contributed by atoms with Crippen molar-refractivity contribution in [3.63, 3.8) is 0 Å². The summed E-state index contributed by atoms with van der Waals surface area (Å²) in [5.74, 6) is 0.402. The molecule has 2 N–H and O–H groups in total. The van der Waals surface area contributed by atoms with Gasteiger partial charge in [0, 0.05) is 23.7 Å². The topological polar surface area (TPSA) is 102 Å². The van der Waals surface area contributed by atoms with Crippen LogP contribution in [0.5, 0.6) is 0 Å². The molecule has 0 fully saturated rings. The lowest BCUT2D eigenvalue weighted by Crippen LogP contribution is -2.28. The first-order chi connectivity index (χ1) is 14.5. The molecule has 0 saturated carbocycles. The van der Waals surface area contributed by atoms with Gasteiger partial charge >= 0.3 is 0 Å². The third-order valence-electron chi connectivity index (χ3n) is 4.08. The van der Waals surface area contributed by atoms with Gasteiger partial charge in [0.2, 0.25) is 5.91 Å². The summed E-state index contributed by atoms with van der Waals surface area (Å²) in [5, 5.41) is 17.1. The Balaban J connectivity index is 1.67. The molecule has 8 nitrogen and oxygen atoms in total. The zero-order valence-corrected chi connectivity index (χ0v) is 18.3. The first-order valence-corrected chi connectivity index (χ1v) is 11.1. The summed E-state index contributed by atoms with van der Waals surface area (Å²) in [5.41, 5.74) is 1.60. The summed E-state index contributed by atoms with van der Waals surface area (Å²) in [7, 11) is 0. The minimum Gasteiger partial charge on any atom is -0.342 e. The van der Waals surface area contributed by atoms with Crippen LogP contribution in [0, 0.1) is 6.92 Å². The number of nitrogens with zero attached hydrogens (tertiary/aromatic N) is 4. The molecule has 0 aliphatic carbocycles. The van der Waals surface area contributed by atoms with Crippen LogP contribution in [0.3, 0.4) is 0 Å². The van der Waals surface area contributed by atoms with Crippen molar-refractivity contribution in [2.75, 3.05) is 11.1 Å². The van der Waals surface area contributed by atoms with Gasteiger partial charge in [0.1, 0.15) is 0 Å². The summed E-state index contributed by atoms with van der Waals surface area (Å²) in [6.45, 7) is 8.03. The highest BCUT2D eigenvalue weighted by Gasteiger charge is 2.20. The number of thioether (sulfide) groups is 1. The van der Waals surface area contributed by atoms with Crippen LogP contribution in [-0.2, 0) is 11.3 Å². The maximum Gasteiger partial charge on any atom is 0.251 e. The number of anilines is 1. The minimum atomic E-state index is -0.371. The van der Waals surface area contributed by atoms with Crippen LogP contribution in [0.15, 0.2) is 53.7 Å². The average Bonchev–Trinajstić information content (AvgIpc) is 3.36. The SMILES string of the molecule is C=CCn1c(SCC(=O)Nc2nccs2)nnc1[C@H](C)NC(=O)c1cccc(C)c1. The molecule has 2 aromatic heterocycles. The van der Waals surface area contributed by atoms with Gasteiger partial charge in [-0.25, -0.2) is 4.98 Å². The molecule has 0 radical (unpaired) electrons. The quantitative estimate of drug-likeness (QED) is 0.389. The number of thiazole rings is 1. The Morgan fingerprint density at radius 3 is 2.90 bits per heavy atom. The monoisotopic (exact) mass is 442 g/mol. The van der Waals surface area contributed by atoms with Gasteiger partial charge in [0.05, 0.1) is 11.8 Å². The van der Waals surface area contributed by atoms with Crippen LogP contribution in [0.4, 0.5) is 5.13 Å². The van der Waals surface area contributed by atoms with E-state index in [9.17, 15) is 9.59 Å². The number of amides is 2. The molecule has 0 saturated heterocycles. The van der Waals surface area contributed by atoms with E-state index in [0.717, 1.165) is 5.56 Å². The van der Waals surface area contributed by atoms with Gasteiger partial charge in [-0.15, -0.1) is 28.1 Å². The lowest BCUT2D eigenvalue weighted by molar-refractivity contribution is -0.113. The normalized spacial score (nSPS) is 11.7. The van der Waals surface area contributed by atoms with Gasteiger partial charge in [-0.05, 0) is 26.0 Å². The third-order valence-corrected chi connectivity index (χ3v) is 5.74. The molecular weight excluding hydrogens is 420 g/mol. The molecule has 0 unspecified atom stereocenters. The molecule has 3 rings (SSSR count). The number of benzene rings is 1. The fraction of sp³-hybridized carbons (Fsp3) is 0.250. The van der Waals surface area contributed by atoms with Crippen molar-refractivity contribution in [1.82, 2.24) is 25.1 Å². The lowest BCUT2D eigenvalue weighted by Gasteiger charge is -2.15. The lowest BCUT2D eigenvalue weighted by atomic mass is 10.1. The predicted molar refractivity (Wildman–Crippen MR) is 119 cm³/mol. The molecule has 2 heterocycles. The van der Waals surface area contributed by atoms with Crippen molar-refractivity contribution in [3.8, 4) is 0 Å². The van der Waals surface area contributed by atoms with Crippen molar-refractivity contribution in [1.29, 1.82) is 0 Å².